The lowest BCUT2D eigenvalue weighted by atomic mass is 10.1. The second kappa shape index (κ2) is 4.14. The summed E-state index contributed by atoms with van der Waals surface area (Å²) in [4.78, 5) is 0. The number of ether oxygens (including phenoxy) is 1. The topological polar surface area (TPSA) is 39.4 Å². The molecule has 0 unspecified atom stereocenters. The number of aryl methyl sites for hydroxylation is 1. The summed E-state index contributed by atoms with van der Waals surface area (Å²) in [7, 11) is 1.65. The van der Waals surface area contributed by atoms with Gasteiger partial charge < -0.3 is 4.74 Å². The highest BCUT2D eigenvalue weighted by atomic mass is 16.5. The van der Waals surface area contributed by atoms with Crippen molar-refractivity contribution >= 4 is 5.65 Å². The van der Waals surface area contributed by atoms with Gasteiger partial charge in [-0.2, -0.15) is 0 Å². The van der Waals surface area contributed by atoms with Gasteiger partial charge in [-0.25, -0.2) is 0 Å². The van der Waals surface area contributed by atoms with Gasteiger partial charge in [-0.1, -0.05) is 23.8 Å². The lowest BCUT2D eigenvalue weighted by Crippen LogP contribution is -1.92. The Labute approximate surface area is 105 Å². The minimum Gasteiger partial charge on any atom is -0.495 e. The van der Waals surface area contributed by atoms with Gasteiger partial charge in [-0.05, 0) is 25.1 Å². The number of benzene rings is 1. The molecule has 0 radical (unpaired) electrons. The van der Waals surface area contributed by atoms with Crippen molar-refractivity contribution in [3.63, 3.8) is 0 Å². The van der Waals surface area contributed by atoms with Crippen molar-refractivity contribution in [2.75, 3.05) is 7.11 Å². The molecule has 3 aromatic rings. The first kappa shape index (κ1) is 10.8. The summed E-state index contributed by atoms with van der Waals surface area (Å²) in [6, 6.07) is 12.0. The molecule has 0 fully saturated rings. The zero-order chi connectivity index (χ0) is 12.5. The molecular formula is C14H13N3O. The number of hydrogen-bond donors (Lipinski definition) is 0. The molecule has 18 heavy (non-hydrogen) atoms. The molecule has 1 aromatic carbocycles. The van der Waals surface area contributed by atoms with Crippen LogP contribution in [0.3, 0.4) is 0 Å². The van der Waals surface area contributed by atoms with Crippen LogP contribution < -0.4 is 4.74 Å². The van der Waals surface area contributed by atoms with Crippen LogP contribution in [0.2, 0.25) is 0 Å². The number of hydrogen-bond acceptors (Lipinski definition) is 3. The van der Waals surface area contributed by atoms with Crippen LogP contribution in [-0.2, 0) is 0 Å². The van der Waals surface area contributed by atoms with Crippen LogP contribution in [0.4, 0.5) is 0 Å². The maximum Gasteiger partial charge on any atom is 0.168 e. The summed E-state index contributed by atoms with van der Waals surface area (Å²) in [5.74, 6) is 1.61. The van der Waals surface area contributed by atoms with Gasteiger partial charge in [-0.15, -0.1) is 10.2 Å². The smallest absolute Gasteiger partial charge is 0.168 e. The molecule has 2 aromatic heterocycles. The maximum absolute atomic E-state index is 5.23. The summed E-state index contributed by atoms with van der Waals surface area (Å²) in [5, 5.41) is 8.40. The van der Waals surface area contributed by atoms with E-state index in [1.807, 2.05) is 34.9 Å². The second-order valence-corrected chi connectivity index (χ2v) is 4.19. The Morgan fingerprint density at radius 2 is 2.00 bits per heavy atom. The number of aromatic nitrogens is 3. The van der Waals surface area contributed by atoms with E-state index in [0.717, 1.165) is 22.8 Å². The first-order valence-electron chi connectivity index (χ1n) is 5.74. The minimum absolute atomic E-state index is 0.788. The van der Waals surface area contributed by atoms with Crippen molar-refractivity contribution in [1.82, 2.24) is 14.6 Å². The average molecular weight is 239 g/mol. The van der Waals surface area contributed by atoms with E-state index in [1.54, 1.807) is 7.11 Å². The predicted octanol–water partition coefficient (Wildman–Crippen LogP) is 2.71. The molecule has 0 aliphatic heterocycles. The van der Waals surface area contributed by atoms with Gasteiger partial charge in [0.05, 0.1) is 13.3 Å². The van der Waals surface area contributed by atoms with Crippen molar-refractivity contribution in [2.45, 2.75) is 6.92 Å². The Hall–Kier alpha value is -2.36. The van der Waals surface area contributed by atoms with E-state index in [2.05, 4.69) is 29.3 Å². The van der Waals surface area contributed by atoms with Gasteiger partial charge in [0, 0.05) is 5.56 Å². The number of pyridine rings is 1. The fraction of sp³-hybridized carbons (Fsp3) is 0.143. The van der Waals surface area contributed by atoms with E-state index >= 15 is 0 Å². The third-order valence-corrected chi connectivity index (χ3v) is 2.89. The molecule has 90 valence electrons. The Bertz CT molecular complexity index is 703. The fourth-order valence-electron chi connectivity index (χ4n) is 1.97. The molecule has 0 amide bonds. The SMILES string of the molecule is COc1ccc2nnc(-c3cccc(C)c3)n2c1. The van der Waals surface area contributed by atoms with Crippen molar-refractivity contribution in [3.8, 4) is 17.1 Å². The van der Waals surface area contributed by atoms with Crippen LogP contribution in [0.5, 0.6) is 5.75 Å². The minimum atomic E-state index is 0.788. The molecule has 0 aliphatic carbocycles. The van der Waals surface area contributed by atoms with Crippen molar-refractivity contribution in [1.29, 1.82) is 0 Å². The van der Waals surface area contributed by atoms with E-state index in [9.17, 15) is 0 Å². The number of nitrogens with zero attached hydrogens (tertiary/aromatic N) is 3. The molecule has 0 aliphatic rings. The summed E-state index contributed by atoms with van der Waals surface area (Å²) in [6.45, 7) is 2.06. The third-order valence-electron chi connectivity index (χ3n) is 2.89. The number of rotatable bonds is 2. The van der Waals surface area contributed by atoms with Gasteiger partial charge in [0.25, 0.3) is 0 Å². The van der Waals surface area contributed by atoms with Crippen LogP contribution in [0.1, 0.15) is 5.56 Å². The monoisotopic (exact) mass is 239 g/mol. The molecule has 0 saturated heterocycles. The van der Waals surface area contributed by atoms with Gasteiger partial charge in [0.2, 0.25) is 0 Å². The lowest BCUT2D eigenvalue weighted by molar-refractivity contribution is 0.412. The van der Waals surface area contributed by atoms with Gasteiger partial charge in [-0.3, -0.25) is 4.40 Å². The predicted molar refractivity (Wildman–Crippen MR) is 69.7 cm³/mol. The Morgan fingerprint density at radius 1 is 1.11 bits per heavy atom. The highest BCUT2D eigenvalue weighted by Crippen LogP contribution is 2.21. The maximum atomic E-state index is 5.23. The lowest BCUT2D eigenvalue weighted by Gasteiger charge is -2.03. The van der Waals surface area contributed by atoms with Crippen molar-refractivity contribution in [3.05, 3.63) is 48.2 Å². The summed E-state index contributed by atoms with van der Waals surface area (Å²) < 4.78 is 7.17. The largest absolute Gasteiger partial charge is 0.495 e. The highest BCUT2D eigenvalue weighted by Gasteiger charge is 2.08. The second-order valence-electron chi connectivity index (χ2n) is 4.19. The molecule has 0 atom stereocenters. The normalized spacial score (nSPS) is 10.8. The zero-order valence-electron chi connectivity index (χ0n) is 10.3. The molecule has 0 spiro atoms. The van der Waals surface area contributed by atoms with Crippen LogP contribution in [0, 0.1) is 6.92 Å². The molecule has 4 heteroatoms. The zero-order valence-corrected chi connectivity index (χ0v) is 10.3. The van der Waals surface area contributed by atoms with Crippen molar-refractivity contribution in [2.24, 2.45) is 0 Å². The Kier molecular flexibility index (Phi) is 2.48. The summed E-state index contributed by atoms with van der Waals surface area (Å²) in [5.41, 5.74) is 3.07. The van der Waals surface area contributed by atoms with Gasteiger partial charge in [0.15, 0.2) is 11.5 Å². The van der Waals surface area contributed by atoms with Crippen LogP contribution in [-0.4, -0.2) is 21.7 Å². The van der Waals surface area contributed by atoms with Crippen LogP contribution in [0.25, 0.3) is 17.0 Å². The molecule has 0 saturated carbocycles. The van der Waals surface area contributed by atoms with E-state index in [-0.39, 0.29) is 0 Å². The first-order chi connectivity index (χ1) is 8.78. The number of fused-ring (bicyclic) bond motifs is 1. The first-order valence-corrected chi connectivity index (χ1v) is 5.74. The summed E-state index contributed by atoms with van der Waals surface area (Å²) >= 11 is 0. The average Bonchev–Trinajstić information content (AvgIpc) is 2.81. The third kappa shape index (κ3) is 1.72. The molecule has 0 bridgehead atoms. The van der Waals surface area contributed by atoms with Gasteiger partial charge in [0.1, 0.15) is 5.75 Å². The van der Waals surface area contributed by atoms with E-state index in [0.29, 0.717) is 0 Å². The molecule has 0 N–H and O–H groups in total. The van der Waals surface area contributed by atoms with Crippen molar-refractivity contribution < 1.29 is 4.74 Å². The highest BCUT2D eigenvalue weighted by molar-refractivity contribution is 5.60. The Morgan fingerprint density at radius 3 is 2.78 bits per heavy atom. The standard InChI is InChI=1S/C14H13N3O/c1-10-4-3-5-11(8-10)14-16-15-13-7-6-12(18-2)9-17(13)14/h3-9H,1-2H3. The van der Waals surface area contributed by atoms with E-state index < -0.39 is 0 Å². The molecule has 3 rings (SSSR count). The molecule has 2 heterocycles. The van der Waals surface area contributed by atoms with Crippen LogP contribution in [0.15, 0.2) is 42.6 Å². The quantitative estimate of drug-likeness (QED) is 0.690. The molecule has 4 nitrogen and oxygen atoms in total. The molecular weight excluding hydrogens is 226 g/mol. The van der Waals surface area contributed by atoms with Gasteiger partial charge >= 0.3 is 0 Å². The van der Waals surface area contributed by atoms with E-state index in [1.165, 1.54) is 5.56 Å². The van der Waals surface area contributed by atoms with Crippen LogP contribution >= 0.6 is 0 Å². The fourth-order valence-corrected chi connectivity index (χ4v) is 1.97. The van der Waals surface area contributed by atoms with E-state index in [4.69, 9.17) is 4.74 Å². The summed E-state index contributed by atoms with van der Waals surface area (Å²) in [6.07, 6.45) is 1.90. The Balaban J connectivity index is 2.22. The number of methoxy groups -OCH3 is 1.